The summed E-state index contributed by atoms with van der Waals surface area (Å²) < 4.78 is 68.0. The van der Waals surface area contributed by atoms with Gasteiger partial charge in [-0.2, -0.15) is 13.2 Å². The van der Waals surface area contributed by atoms with Gasteiger partial charge in [-0.1, -0.05) is 42.0 Å². The van der Waals surface area contributed by atoms with Crippen molar-refractivity contribution in [2.24, 2.45) is 0 Å². The summed E-state index contributed by atoms with van der Waals surface area (Å²) in [5.74, 6) is -0.332. The highest BCUT2D eigenvalue weighted by Gasteiger charge is 2.27. The van der Waals surface area contributed by atoms with Crippen LogP contribution in [0, 0.1) is 13.8 Å². The van der Waals surface area contributed by atoms with Gasteiger partial charge in [0.25, 0.3) is 0 Å². The molecule has 0 radical (unpaired) electrons. The predicted octanol–water partition coefficient (Wildman–Crippen LogP) is 3.37. The van der Waals surface area contributed by atoms with E-state index >= 15 is 0 Å². The predicted molar refractivity (Wildman–Crippen MR) is 110 cm³/mol. The van der Waals surface area contributed by atoms with Gasteiger partial charge in [0.2, 0.25) is 15.9 Å². The number of sulfonamides is 1. The number of ether oxygens (including phenoxy) is 1. The van der Waals surface area contributed by atoms with Gasteiger partial charge in [0, 0.05) is 19.5 Å². The third-order valence-electron chi connectivity index (χ3n) is 4.31. The van der Waals surface area contributed by atoms with Crippen LogP contribution in [0.4, 0.5) is 13.2 Å². The summed E-state index contributed by atoms with van der Waals surface area (Å²) in [7, 11) is -3.70. The van der Waals surface area contributed by atoms with Crippen LogP contribution in [-0.2, 0) is 32.7 Å². The van der Waals surface area contributed by atoms with E-state index in [2.05, 4.69) is 14.8 Å². The van der Waals surface area contributed by atoms with Gasteiger partial charge in [-0.15, -0.1) is 0 Å². The molecule has 6 nitrogen and oxygen atoms in total. The van der Waals surface area contributed by atoms with Crippen molar-refractivity contribution in [1.82, 2.24) is 10.0 Å². The van der Waals surface area contributed by atoms with Crippen LogP contribution in [0.2, 0.25) is 0 Å². The lowest BCUT2D eigenvalue weighted by Gasteiger charge is -2.10. The van der Waals surface area contributed by atoms with Crippen LogP contribution in [0.1, 0.15) is 28.7 Å². The second-order valence-electron chi connectivity index (χ2n) is 7.12. The van der Waals surface area contributed by atoms with E-state index in [1.807, 2.05) is 6.92 Å². The van der Waals surface area contributed by atoms with Crippen molar-refractivity contribution >= 4 is 15.9 Å². The van der Waals surface area contributed by atoms with E-state index in [1.165, 1.54) is 6.07 Å². The highest BCUT2D eigenvalue weighted by atomic mass is 32.2. The molecule has 0 spiro atoms. The van der Waals surface area contributed by atoms with Crippen LogP contribution < -0.4 is 10.0 Å². The average Bonchev–Trinajstić information content (AvgIpc) is 2.66. The van der Waals surface area contributed by atoms with Crippen LogP contribution in [0.15, 0.2) is 47.4 Å². The fraction of sp³-hybridized carbons (Fsp3) is 0.381. The molecule has 0 bridgehead atoms. The largest absolute Gasteiger partial charge is 0.411 e. The van der Waals surface area contributed by atoms with Crippen molar-refractivity contribution in [3.8, 4) is 0 Å². The van der Waals surface area contributed by atoms with Gasteiger partial charge in [-0.25, -0.2) is 13.1 Å². The lowest BCUT2D eigenvalue weighted by molar-refractivity contribution is -0.176. The number of carbonyl (C=O) groups excluding carboxylic acids is 1. The zero-order valence-electron chi connectivity index (χ0n) is 17.3. The maximum atomic E-state index is 12.4. The summed E-state index contributed by atoms with van der Waals surface area (Å²) in [5, 5.41) is 2.67. The molecule has 0 aliphatic rings. The SMILES string of the molecule is Cc1ccc(S(=O)(=O)NCCC(=O)NCc2ccc(COCC(F)(F)F)cc2)c(C)c1. The number of carbonyl (C=O) groups is 1. The molecule has 2 N–H and O–H groups in total. The van der Waals surface area contributed by atoms with Gasteiger partial charge in [0.15, 0.2) is 0 Å². The van der Waals surface area contributed by atoms with Gasteiger partial charge in [0.05, 0.1) is 11.5 Å². The number of alkyl halides is 3. The molecule has 0 aromatic heterocycles. The minimum atomic E-state index is -4.36. The fourth-order valence-corrected chi connectivity index (χ4v) is 4.06. The van der Waals surface area contributed by atoms with E-state index in [4.69, 9.17) is 0 Å². The Morgan fingerprint density at radius 3 is 2.29 bits per heavy atom. The Morgan fingerprint density at radius 2 is 1.68 bits per heavy atom. The molecule has 0 atom stereocenters. The van der Waals surface area contributed by atoms with Crippen LogP contribution >= 0.6 is 0 Å². The number of hydrogen-bond donors (Lipinski definition) is 2. The standard InChI is InChI=1S/C21H25F3N2O4S/c1-15-3-8-19(16(2)11-15)31(28,29)26-10-9-20(27)25-12-17-4-6-18(7-5-17)13-30-14-21(22,23)24/h3-8,11,26H,9-10,12-14H2,1-2H3,(H,25,27). The molecule has 0 fully saturated rings. The molecule has 1 amide bonds. The minimum absolute atomic E-state index is 0.0342. The van der Waals surface area contributed by atoms with Crippen molar-refractivity contribution in [1.29, 1.82) is 0 Å². The Balaban J connectivity index is 1.74. The second kappa shape index (κ2) is 10.7. The topological polar surface area (TPSA) is 84.5 Å². The number of rotatable bonds is 10. The van der Waals surface area contributed by atoms with Crippen LogP contribution in [0.25, 0.3) is 0 Å². The molecule has 0 unspecified atom stereocenters. The Morgan fingerprint density at radius 1 is 1.03 bits per heavy atom. The molecular formula is C21H25F3N2O4S. The van der Waals surface area contributed by atoms with E-state index in [9.17, 15) is 26.4 Å². The molecule has 0 aliphatic carbocycles. The number of benzene rings is 2. The molecule has 2 rings (SSSR count). The number of hydrogen-bond acceptors (Lipinski definition) is 4. The highest BCUT2D eigenvalue weighted by molar-refractivity contribution is 7.89. The number of amides is 1. The molecule has 0 heterocycles. The summed E-state index contributed by atoms with van der Waals surface area (Å²) in [5.41, 5.74) is 2.92. The third kappa shape index (κ3) is 8.68. The molecule has 2 aromatic carbocycles. The van der Waals surface area contributed by atoms with Crippen molar-refractivity contribution in [3.63, 3.8) is 0 Å². The zero-order chi connectivity index (χ0) is 23.1. The second-order valence-corrected chi connectivity index (χ2v) is 8.85. The first-order valence-electron chi connectivity index (χ1n) is 9.52. The lowest BCUT2D eigenvalue weighted by atomic mass is 10.1. The van der Waals surface area contributed by atoms with E-state index in [0.717, 1.165) is 11.1 Å². The Hall–Kier alpha value is -2.43. The summed E-state index contributed by atoms with van der Waals surface area (Å²) in [6, 6.07) is 11.6. The van der Waals surface area contributed by atoms with Gasteiger partial charge in [0.1, 0.15) is 6.61 Å². The molecule has 31 heavy (non-hydrogen) atoms. The van der Waals surface area contributed by atoms with Gasteiger partial charge in [-0.3, -0.25) is 4.79 Å². The van der Waals surface area contributed by atoms with E-state index in [1.54, 1.807) is 43.3 Å². The van der Waals surface area contributed by atoms with E-state index < -0.39 is 22.8 Å². The lowest BCUT2D eigenvalue weighted by Crippen LogP contribution is -2.30. The summed E-state index contributed by atoms with van der Waals surface area (Å²) in [6.45, 7) is 2.28. The van der Waals surface area contributed by atoms with Crippen molar-refractivity contribution in [2.45, 2.75) is 44.5 Å². The van der Waals surface area contributed by atoms with Gasteiger partial charge < -0.3 is 10.1 Å². The van der Waals surface area contributed by atoms with Crippen LogP contribution in [0.3, 0.4) is 0 Å². The smallest absolute Gasteiger partial charge is 0.367 e. The van der Waals surface area contributed by atoms with Crippen molar-refractivity contribution in [2.75, 3.05) is 13.2 Å². The maximum Gasteiger partial charge on any atom is 0.411 e. The van der Waals surface area contributed by atoms with E-state index in [0.29, 0.717) is 11.1 Å². The Kier molecular flexibility index (Phi) is 8.60. The highest BCUT2D eigenvalue weighted by Crippen LogP contribution is 2.17. The van der Waals surface area contributed by atoms with Crippen molar-refractivity contribution < 1.29 is 31.1 Å². The first-order chi connectivity index (χ1) is 14.5. The first kappa shape index (κ1) is 24.8. The van der Waals surface area contributed by atoms with Gasteiger partial charge in [-0.05, 0) is 36.6 Å². The summed E-state index contributed by atoms with van der Waals surface area (Å²) in [4.78, 5) is 12.2. The van der Waals surface area contributed by atoms with Crippen LogP contribution in [-0.4, -0.2) is 33.7 Å². The Labute approximate surface area is 179 Å². The third-order valence-corrected chi connectivity index (χ3v) is 5.93. The van der Waals surface area contributed by atoms with E-state index in [-0.39, 0.29) is 36.9 Å². The quantitative estimate of drug-likeness (QED) is 0.572. The minimum Gasteiger partial charge on any atom is -0.367 e. The maximum absolute atomic E-state index is 12.4. The zero-order valence-corrected chi connectivity index (χ0v) is 18.1. The number of halogens is 3. The molecular weight excluding hydrogens is 433 g/mol. The monoisotopic (exact) mass is 458 g/mol. The molecule has 10 heteroatoms. The van der Waals surface area contributed by atoms with Crippen molar-refractivity contribution in [3.05, 3.63) is 64.7 Å². The summed E-state index contributed by atoms with van der Waals surface area (Å²) >= 11 is 0. The van der Waals surface area contributed by atoms with Crippen LogP contribution in [0.5, 0.6) is 0 Å². The fourth-order valence-electron chi connectivity index (χ4n) is 2.80. The number of aryl methyl sites for hydroxylation is 2. The average molecular weight is 459 g/mol. The first-order valence-corrected chi connectivity index (χ1v) is 11.0. The van der Waals surface area contributed by atoms with Gasteiger partial charge >= 0.3 is 6.18 Å². The molecule has 0 saturated carbocycles. The molecule has 170 valence electrons. The number of nitrogens with one attached hydrogen (secondary N) is 2. The molecule has 0 saturated heterocycles. The normalized spacial score (nSPS) is 12.0. The Bertz CT molecular complexity index is 991. The molecule has 0 aliphatic heterocycles. The molecule has 2 aromatic rings. The summed E-state index contributed by atoms with van der Waals surface area (Å²) in [6.07, 6.45) is -4.40.